The van der Waals surface area contributed by atoms with Gasteiger partial charge in [0, 0.05) is 34.8 Å². The van der Waals surface area contributed by atoms with E-state index in [1.54, 1.807) is 24.3 Å². The number of ketones is 1. The summed E-state index contributed by atoms with van der Waals surface area (Å²) in [5.41, 5.74) is 2.74. The van der Waals surface area contributed by atoms with Crippen molar-refractivity contribution in [2.45, 2.75) is 32.4 Å². The van der Waals surface area contributed by atoms with Crippen LogP contribution < -0.4 is 10.6 Å². The summed E-state index contributed by atoms with van der Waals surface area (Å²) < 4.78 is 0. The molecule has 2 aromatic carbocycles. The molecule has 2 atom stereocenters. The summed E-state index contributed by atoms with van der Waals surface area (Å²) in [6, 6.07) is 11.9. The number of H-pyrrole nitrogens is 1. The highest BCUT2D eigenvalue weighted by atomic mass is 16.2. The topological polar surface area (TPSA) is 111 Å². The molecule has 8 heteroatoms. The van der Waals surface area contributed by atoms with Crippen molar-refractivity contribution in [3.05, 3.63) is 65.9 Å². The molecule has 3 aromatic rings. The Kier molecular flexibility index (Phi) is 5.29. The van der Waals surface area contributed by atoms with E-state index in [-0.39, 0.29) is 5.78 Å². The molecule has 0 spiro atoms. The standard InChI is InChI=1S/C23H22N4O4/c1-13(21(29)25-17-7-5-6-15(10-17)14(2)28)27-22(30)20(26-23(27)31)11-16-12-24-19-9-4-3-8-18(16)19/h3-10,12-13,20,24H,11H2,1-2H3,(H,25,29)(H,26,31)/t13-,20-/m0/s1. The minimum Gasteiger partial charge on any atom is -0.361 e. The molecule has 0 bridgehead atoms. The first-order chi connectivity index (χ1) is 14.8. The predicted molar refractivity (Wildman–Crippen MR) is 116 cm³/mol. The minimum absolute atomic E-state index is 0.127. The lowest BCUT2D eigenvalue weighted by molar-refractivity contribution is -0.133. The van der Waals surface area contributed by atoms with Gasteiger partial charge in [0.1, 0.15) is 12.1 Å². The Hall–Kier alpha value is -3.94. The number of aromatic nitrogens is 1. The van der Waals surface area contributed by atoms with Gasteiger partial charge in [-0.3, -0.25) is 19.3 Å². The van der Waals surface area contributed by atoms with Gasteiger partial charge in [0.25, 0.3) is 5.91 Å². The zero-order valence-corrected chi connectivity index (χ0v) is 17.1. The zero-order valence-electron chi connectivity index (χ0n) is 17.1. The van der Waals surface area contributed by atoms with E-state index < -0.39 is 29.9 Å². The maximum absolute atomic E-state index is 12.9. The third-order valence-corrected chi connectivity index (χ3v) is 5.45. The average molecular weight is 418 g/mol. The number of nitrogens with zero attached hydrogens (tertiary/aromatic N) is 1. The minimum atomic E-state index is -1.01. The van der Waals surface area contributed by atoms with Gasteiger partial charge in [0.05, 0.1) is 0 Å². The highest BCUT2D eigenvalue weighted by molar-refractivity contribution is 6.09. The van der Waals surface area contributed by atoms with E-state index in [1.807, 2.05) is 30.5 Å². The number of fused-ring (bicyclic) bond motifs is 1. The van der Waals surface area contributed by atoms with Crippen LogP contribution >= 0.6 is 0 Å². The first-order valence-electron chi connectivity index (χ1n) is 9.95. The zero-order chi connectivity index (χ0) is 22.1. The Morgan fingerprint density at radius 1 is 1.13 bits per heavy atom. The van der Waals surface area contributed by atoms with Gasteiger partial charge >= 0.3 is 6.03 Å². The van der Waals surface area contributed by atoms with Crippen molar-refractivity contribution < 1.29 is 19.2 Å². The summed E-state index contributed by atoms with van der Waals surface area (Å²) in [4.78, 5) is 53.8. The molecule has 1 fully saturated rings. The molecule has 8 nitrogen and oxygen atoms in total. The molecule has 0 aliphatic carbocycles. The number of nitrogens with one attached hydrogen (secondary N) is 3. The molecule has 0 saturated carbocycles. The quantitative estimate of drug-likeness (QED) is 0.422. The van der Waals surface area contributed by atoms with Gasteiger partial charge in [-0.1, -0.05) is 30.3 Å². The van der Waals surface area contributed by atoms with Crippen LogP contribution in [0.4, 0.5) is 10.5 Å². The third kappa shape index (κ3) is 3.92. The molecule has 1 aliphatic heterocycles. The van der Waals surface area contributed by atoms with Gasteiger partial charge in [-0.05, 0) is 37.6 Å². The Morgan fingerprint density at radius 2 is 1.90 bits per heavy atom. The number of carbonyl (C=O) groups excluding carboxylic acids is 4. The number of aromatic amines is 1. The van der Waals surface area contributed by atoms with Crippen LogP contribution in [-0.2, 0) is 16.0 Å². The number of para-hydroxylation sites is 1. The molecule has 158 valence electrons. The van der Waals surface area contributed by atoms with Crippen LogP contribution in [0.3, 0.4) is 0 Å². The molecule has 31 heavy (non-hydrogen) atoms. The smallest absolute Gasteiger partial charge is 0.325 e. The maximum atomic E-state index is 12.9. The molecule has 4 rings (SSSR count). The fourth-order valence-corrected chi connectivity index (χ4v) is 3.75. The highest BCUT2D eigenvalue weighted by Crippen LogP contribution is 2.22. The highest BCUT2D eigenvalue weighted by Gasteiger charge is 2.43. The summed E-state index contributed by atoms with van der Waals surface area (Å²) in [5, 5.41) is 6.33. The van der Waals surface area contributed by atoms with Gasteiger partial charge in [0.15, 0.2) is 5.78 Å². The van der Waals surface area contributed by atoms with Crippen molar-refractivity contribution in [2.75, 3.05) is 5.32 Å². The number of amides is 4. The van der Waals surface area contributed by atoms with E-state index in [2.05, 4.69) is 15.6 Å². The van der Waals surface area contributed by atoms with Crippen LogP contribution in [0.5, 0.6) is 0 Å². The van der Waals surface area contributed by atoms with Gasteiger partial charge in [-0.2, -0.15) is 0 Å². The predicted octanol–water partition coefficient (Wildman–Crippen LogP) is 2.86. The number of carbonyl (C=O) groups is 4. The lowest BCUT2D eigenvalue weighted by atomic mass is 10.0. The Morgan fingerprint density at radius 3 is 2.68 bits per heavy atom. The number of benzene rings is 2. The lowest BCUT2D eigenvalue weighted by Gasteiger charge is -2.21. The SMILES string of the molecule is CC(=O)c1cccc(NC(=O)[C@H](C)N2C(=O)N[C@@H](Cc3c[nH]c4ccccc34)C2=O)c1. The molecular weight excluding hydrogens is 396 g/mol. The summed E-state index contributed by atoms with van der Waals surface area (Å²) >= 11 is 0. The number of Topliss-reactive ketones (excluding diaryl/α,β-unsaturated/α-hetero) is 1. The van der Waals surface area contributed by atoms with Crippen LogP contribution in [-0.4, -0.2) is 45.6 Å². The van der Waals surface area contributed by atoms with E-state index in [0.717, 1.165) is 21.4 Å². The summed E-state index contributed by atoms with van der Waals surface area (Å²) in [5.74, 6) is -1.09. The van der Waals surface area contributed by atoms with E-state index in [1.165, 1.54) is 13.8 Å². The number of anilines is 1. The van der Waals surface area contributed by atoms with Crippen LogP contribution in [0.2, 0.25) is 0 Å². The molecule has 0 radical (unpaired) electrons. The van der Waals surface area contributed by atoms with Gasteiger partial charge in [0.2, 0.25) is 5.91 Å². The molecule has 2 heterocycles. The Bertz CT molecular complexity index is 1200. The summed E-state index contributed by atoms with van der Waals surface area (Å²) in [6.45, 7) is 2.93. The lowest BCUT2D eigenvalue weighted by Crippen LogP contribution is -2.46. The second-order valence-electron chi connectivity index (χ2n) is 7.58. The number of imide groups is 1. The number of urea groups is 1. The number of hydrogen-bond acceptors (Lipinski definition) is 4. The Labute approximate surface area is 178 Å². The molecule has 1 aromatic heterocycles. The van der Waals surface area contributed by atoms with E-state index >= 15 is 0 Å². The van der Waals surface area contributed by atoms with Gasteiger partial charge in [-0.15, -0.1) is 0 Å². The normalized spacial score (nSPS) is 17.0. The van der Waals surface area contributed by atoms with Crippen molar-refractivity contribution in [3.63, 3.8) is 0 Å². The van der Waals surface area contributed by atoms with Crippen molar-refractivity contribution in [1.82, 2.24) is 15.2 Å². The first-order valence-corrected chi connectivity index (χ1v) is 9.95. The van der Waals surface area contributed by atoms with Gasteiger partial charge < -0.3 is 15.6 Å². The van der Waals surface area contributed by atoms with Crippen LogP contribution in [0.1, 0.15) is 29.8 Å². The van der Waals surface area contributed by atoms with Crippen LogP contribution in [0, 0.1) is 0 Å². The fourth-order valence-electron chi connectivity index (χ4n) is 3.75. The summed E-state index contributed by atoms with van der Waals surface area (Å²) in [7, 11) is 0. The van der Waals surface area contributed by atoms with Crippen LogP contribution in [0.15, 0.2) is 54.7 Å². The van der Waals surface area contributed by atoms with Crippen molar-refractivity contribution >= 4 is 40.2 Å². The van der Waals surface area contributed by atoms with E-state index in [4.69, 9.17) is 0 Å². The average Bonchev–Trinajstić information content (AvgIpc) is 3.28. The van der Waals surface area contributed by atoms with Crippen molar-refractivity contribution in [2.24, 2.45) is 0 Å². The van der Waals surface area contributed by atoms with Gasteiger partial charge in [-0.25, -0.2) is 4.79 Å². The molecule has 1 saturated heterocycles. The van der Waals surface area contributed by atoms with Crippen molar-refractivity contribution in [3.8, 4) is 0 Å². The second kappa shape index (κ2) is 8.06. The summed E-state index contributed by atoms with van der Waals surface area (Å²) in [6.07, 6.45) is 2.14. The molecule has 1 aliphatic rings. The van der Waals surface area contributed by atoms with E-state index in [0.29, 0.717) is 17.7 Å². The van der Waals surface area contributed by atoms with E-state index in [9.17, 15) is 19.2 Å². The number of rotatable bonds is 6. The maximum Gasteiger partial charge on any atom is 0.325 e. The first kappa shape index (κ1) is 20.3. The fraction of sp³-hybridized carbons (Fsp3) is 0.217. The Balaban J connectivity index is 1.47. The molecular formula is C23H22N4O4. The monoisotopic (exact) mass is 418 g/mol. The number of hydrogen-bond donors (Lipinski definition) is 3. The second-order valence-corrected chi connectivity index (χ2v) is 7.58. The largest absolute Gasteiger partial charge is 0.361 e. The molecule has 3 N–H and O–H groups in total. The third-order valence-electron chi connectivity index (χ3n) is 5.45. The van der Waals surface area contributed by atoms with Crippen molar-refractivity contribution in [1.29, 1.82) is 0 Å². The molecule has 0 unspecified atom stereocenters. The molecule has 4 amide bonds. The van der Waals surface area contributed by atoms with Crippen LogP contribution in [0.25, 0.3) is 10.9 Å².